The molecule has 0 amide bonds. The van der Waals surface area contributed by atoms with E-state index in [2.05, 4.69) is 34.8 Å². The lowest BCUT2D eigenvalue weighted by molar-refractivity contribution is 0.822. The van der Waals surface area contributed by atoms with Gasteiger partial charge in [-0.05, 0) is 34.0 Å². The van der Waals surface area contributed by atoms with Crippen molar-refractivity contribution in [3.63, 3.8) is 0 Å². The molecule has 0 fully saturated rings. The van der Waals surface area contributed by atoms with Crippen molar-refractivity contribution < 1.29 is 0 Å². The van der Waals surface area contributed by atoms with Crippen LogP contribution in [0.4, 0.5) is 0 Å². The fourth-order valence-electron chi connectivity index (χ4n) is 0.729. The molecule has 82 valence electrons. The van der Waals surface area contributed by atoms with Crippen molar-refractivity contribution in [2.45, 2.75) is 47.5 Å². The van der Waals surface area contributed by atoms with Crippen molar-refractivity contribution in [2.75, 3.05) is 0 Å². The maximum absolute atomic E-state index is 4.23. The minimum atomic E-state index is 0.521. The maximum Gasteiger partial charge on any atom is 0.0429 e. The summed E-state index contributed by atoms with van der Waals surface area (Å²) < 4.78 is 1.04. The Morgan fingerprint density at radius 2 is 1.57 bits per heavy atom. The van der Waals surface area contributed by atoms with Crippen LogP contribution in [0.15, 0.2) is 22.8 Å². The molecule has 0 unspecified atom stereocenters. The first-order valence-corrected chi connectivity index (χ1v) is 6.11. The normalized spacial score (nSPS) is 8.29. The fourth-order valence-corrected chi connectivity index (χ4v) is 0.963. The molecule has 0 saturated heterocycles. The van der Waals surface area contributed by atoms with E-state index in [0.29, 0.717) is 5.92 Å². The number of hydrogen-bond acceptors (Lipinski definition) is 1. The average molecular weight is 260 g/mol. The second-order valence-corrected chi connectivity index (χ2v) is 3.47. The smallest absolute Gasteiger partial charge is 0.0429 e. The Morgan fingerprint density at radius 1 is 1.07 bits per heavy atom. The fraction of sp³-hybridized carbons (Fsp3) is 0.583. The van der Waals surface area contributed by atoms with Gasteiger partial charge in [0.1, 0.15) is 0 Å². The first-order valence-electron chi connectivity index (χ1n) is 5.31. The molecule has 14 heavy (non-hydrogen) atoms. The van der Waals surface area contributed by atoms with Gasteiger partial charge >= 0.3 is 0 Å². The standard InChI is InChI=1S/C8H10BrN.2C2H6/c1-6(2)8-4-3-7(9)5-10-8;2*1-2/h3-6H,1-2H3;2*1-2H3. The summed E-state index contributed by atoms with van der Waals surface area (Å²) in [5.74, 6) is 0.521. The lowest BCUT2D eigenvalue weighted by Crippen LogP contribution is -1.89. The van der Waals surface area contributed by atoms with Gasteiger partial charge in [0.05, 0.1) is 0 Å². The van der Waals surface area contributed by atoms with E-state index in [1.54, 1.807) is 0 Å². The van der Waals surface area contributed by atoms with Crippen LogP contribution in [0.1, 0.15) is 53.2 Å². The molecule has 0 radical (unpaired) electrons. The van der Waals surface area contributed by atoms with Crippen LogP contribution in [0.25, 0.3) is 0 Å². The highest BCUT2D eigenvalue weighted by molar-refractivity contribution is 9.10. The number of nitrogens with zero attached hydrogens (tertiary/aromatic N) is 1. The molecular formula is C12H22BrN. The predicted molar refractivity (Wildman–Crippen MR) is 68.7 cm³/mol. The molecule has 1 rings (SSSR count). The second-order valence-electron chi connectivity index (χ2n) is 2.56. The van der Waals surface area contributed by atoms with Crippen molar-refractivity contribution in [2.24, 2.45) is 0 Å². The largest absolute Gasteiger partial charge is 0.260 e. The van der Waals surface area contributed by atoms with E-state index in [9.17, 15) is 0 Å². The summed E-state index contributed by atoms with van der Waals surface area (Å²) in [6, 6.07) is 4.05. The lowest BCUT2D eigenvalue weighted by Gasteiger charge is -2.01. The lowest BCUT2D eigenvalue weighted by atomic mass is 10.1. The highest BCUT2D eigenvalue weighted by Crippen LogP contribution is 2.13. The summed E-state index contributed by atoms with van der Waals surface area (Å²) in [6.45, 7) is 12.3. The van der Waals surface area contributed by atoms with Gasteiger partial charge in [0.15, 0.2) is 0 Å². The molecule has 2 heteroatoms. The molecule has 0 saturated carbocycles. The van der Waals surface area contributed by atoms with Gasteiger partial charge in [-0.25, -0.2) is 0 Å². The number of aromatic nitrogens is 1. The van der Waals surface area contributed by atoms with E-state index in [-0.39, 0.29) is 0 Å². The van der Waals surface area contributed by atoms with Crippen molar-refractivity contribution in [1.29, 1.82) is 0 Å². The molecule has 0 spiro atoms. The zero-order valence-electron chi connectivity index (χ0n) is 10.1. The molecular weight excluding hydrogens is 238 g/mol. The zero-order valence-corrected chi connectivity index (χ0v) is 11.7. The summed E-state index contributed by atoms with van der Waals surface area (Å²) in [5.41, 5.74) is 1.14. The van der Waals surface area contributed by atoms with E-state index < -0.39 is 0 Å². The SMILES string of the molecule is CC.CC.CC(C)c1ccc(Br)cn1. The Hall–Kier alpha value is -0.370. The second kappa shape index (κ2) is 10.7. The number of rotatable bonds is 1. The highest BCUT2D eigenvalue weighted by atomic mass is 79.9. The van der Waals surface area contributed by atoms with Crippen LogP contribution >= 0.6 is 15.9 Å². The maximum atomic E-state index is 4.23. The van der Waals surface area contributed by atoms with Gasteiger partial charge < -0.3 is 0 Å². The third kappa shape index (κ3) is 7.07. The molecule has 1 aromatic heterocycles. The molecule has 1 aromatic rings. The van der Waals surface area contributed by atoms with Crippen LogP contribution in [-0.2, 0) is 0 Å². The minimum absolute atomic E-state index is 0.521. The predicted octanol–water partition coefficient (Wildman–Crippen LogP) is 5.02. The van der Waals surface area contributed by atoms with E-state index in [4.69, 9.17) is 0 Å². The summed E-state index contributed by atoms with van der Waals surface area (Å²) in [4.78, 5) is 4.23. The van der Waals surface area contributed by atoms with Crippen molar-refractivity contribution in [3.05, 3.63) is 28.5 Å². The Kier molecular flexibility index (Phi) is 12.3. The molecule has 0 aliphatic rings. The van der Waals surface area contributed by atoms with E-state index in [0.717, 1.165) is 10.2 Å². The zero-order chi connectivity index (χ0) is 11.6. The van der Waals surface area contributed by atoms with Crippen LogP contribution in [0.5, 0.6) is 0 Å². The molecule has 0 aliphatic heterocycles. The van der Waals surface area contributed by atoms with E-state index in [1.165, 1.54) is 0 Å². The van der Waals surface area contributed by atoms with Crippen LogP contribution in [0, 0.1) is 0 Å². The van der Waals surface area contributed by atoms with Crippen LogP contribution < -0.4 is 0 Å². The minimum Gasteiger partial charge on any atom is -0.260 e. The first kappa shape index (κ1) is 16.1. The highest BCUT2D eigenvalue weighted by Gasteiger charge is 1.97. The molecule has 0 aliphatic carbocycles. The number of halogens is 1. The van der Waals surface area contributed by atoms with Crippen LogP contribution in [0.2, 0.25) is 0 Å². The Balaban J connectivity index is 0. The van der Waals surface area contributed by atoms with Gasteiger partial charge in [-0.1, -0.05) is 41.5 Å². The van der Waals surface area contributed by atoms with Gasteiger partial charge in [0.25, 0.3) is 0 Å². The molecule has 1 heterocycles. The Labute approximate surface area is 97.1 Å². The van der Waals surface area contributed by atoms with Gasteiger partial charge in [-0.2, -0.15) is 0 Å². The first-order chi connectivity index (χ1) is 6.70. The summed E-state index contributed by atoms with van der Waals surface area (Å²) in [6.07, 6.45) is 1.83. The van der Waals surface area contributed by atoms with Crippen molar-refractivity contribution in [1.82, 2.24) is 4.98 Å². The molecule has 0 bridgehead atoms. The van der Waals surface area contributed by atoms with E-state index >= 15 is 0 Å². The Bertz CT molecular complexity index is 204. The summed E-state index contributed by atoms with van der Waals surface area (Å²) >= 11 is 3.33. The summed E-state index contributed by atoms with van der Waals surface area (Å²) in [7, 11) is 0. The third-order valence-corrected chi connectivity index (χ3v) is 1.81. The van der Waals surface area contributed by atoms with Gasteiger partial charge in [0.2, 0.25) is 0 Å². The van der Waals surface area contributed by atoms with Gasteiger partial charge in [-0.15, -0.1) is 0 Å². The molecule has 0 N–H and O–H groups in total. The van der Waals surface area contributed by atoms with Crippen molar-refractivity contribution >= 4 is 15.9 Å². The van der Waals surface area contributed by atoms with Crippen LogP contribution in [0.3, 0.4) is 0 Å². The quantitative estimate of drug-likeness (QED) is 0.690. The topological polar surface area (TPSA) is 12.9 Å². The molecule has 0 aromatic carbocycles. The number of hydrogen-bond donors (Lipinski definition) is 0. The monoisotopic (exact) mass is 259 g/mol. The van der Waals surface area contributed by atoms with Crippen molar-refractivity contribution in [3.8, 4) is 0 Å². The summed E-state index contributed by atoms with van der Waals surface area (Å²) in [5, 5.41) is 0. The average Bonchev–Trinajstić information content (AvgIpc) is 2.24. The van der Waals surface area contributed by atoms with E-state index in [1.807, 2.05) is 46.0 Å². The third-order valence-electron chi connectivity index (χ3n) is 1.34. The molecule has 0 atom stereocenters. The molecule has 1 nitrogen and oxygen atoms in total. The van der Waals surface area contributed by atoms with Gasteiger partial charge in [0, 0.05) is 16.4 Å². The Morgan fingerprint density at radius 3 is 1.86 bits per heavy atom. The van der Waals surface area contributed by atoms with Gasteiger partial charge in [-0.3, -0.25) is 4.98 Å². The van der Waals surface area contributed by atoms with Crippen LogP contribution in [-0.4, -0.2) is 4.98 Å². The number of pyridine rings is 1.